The second kappa shape index (κ2) is 7.39. The average Bonchev–Trinajstić information content (AvgIpc) is 2.49. The third-order valence-electron chi connectivity index (χ3n) is 3.67. The highest BCUT2D eigenvalue weighted by Gasteiger charge is 2.44. The Morgan fingerprint density at radius 2 is 1.68 bits per heavy atom. The van der Waals surface area contributed by atoms with Crippen LogP contribution in [0.15, 0.2) is 24.3 Å². The van der Waals surface area contributed by atoms with Gasteiger partial charge in [-0.1, -0.05) is 26.0 Å². The average molecular weight is 312 g/mol. The Balaban J connectivity index is 2.02. The van der Waals surface area contributed by atoms with Crippen molar-refractivity contribution in [2.24, 2.45) is 5.92 Å². The van der Waals surface area contributed by atoms with Crippen LogP contribution in [0, 0.1) is 5.92 Å². The van der Waals surface area contributed by atoms with Crippen LogP contribution >= 0.6 is 0 Å². The molecule has 0 amide bonds. The molecule has 1 aromatic carbocycles. The van der Waals surface area contributed by atoms with E-state index >= 15 is 0 Å². The monoisotopic (exact) mass is 312 g/mol. The van der Waals surface area contributed by atoms with Gasteiger partial charge in [-0.15, -0.1) is 0 Å². The van der Waals surface area contributed by atoms with Gasteiger partial charge in [0.1, 0.15) is 30.2 Å². The molecule has 4 unspecified atom stereocenters. The summed E-state index contributed by atoms with van der Waals surface area (Å²) in [7, 11) is 0. The van der Waals surface area contributed by atoms with E-state index in [0.29, 0.717) is 11.7 Å². The smallest absolute Gasteiger partial charge is 0.229 e. The molecule has 0 radical (unpaired) electrons. The van der Waals surface area contributed by atoms with Crippen molar-refractivity contribution in [3.8, 4) is 5.75 Å². The summed E-state index contributed by atoms with van der Waals surface area (Å²) in [5.41, 5.74) is 1.18. The van der Waals surface area contributed by atoms with Crippen LogP contribution in [-0.4, -0.2) is 57.7 Å². The zero-order valence-corrected chi connectivity index (χ0v) is 12.8. The molecule has 1 aliphatic heterocycles. The second-order valence-electron chi connectivity index (χ2n) is 6.06. The lowest BCUT2D eigenvalue weighted by Gasteiger charge is -2.39. The Morgan fingerprint density at radius 1 is 1.05 bits per heavy atom. The van der Waals surface area contributed by atoms with Gasteiger partial charge in [-0.2, -0.15) is 0 Å². The molecule has 0 aromatic heterocycles. The van der Waals surface area contributed by atoms with Crippen molar-refractivity contribution in [3.05, 3.63) is 29.8 Å². The van der Waals surface area contributed by atoms with E-state index in [1.807, 2.05) is 12.1 Å². The molecule has 6 nitrogen and oxygen atoms in total. The number of benzene rings is 1. The highest BCUT2D eigenvalue weighted by molar-refractivity contribution is 5.27. The van der Waals surface area contributed by atoms with Crippen LogP contribution < -0.4 is 4.74 Å². The summed E-state index contributed by atoms with van der Waals surface area (Å²) in [5, 5.41) is 38.5. The summed E-state index contributed by atoms with van der Waals surface area (Å²) >= 11 is 0. The molecule has 1 heterocycles. The first kappa shape index (κ1) is 17.2. The van der Waals surface area contributed by atoms with Gasteiger partial charge in [-0.05, 0) is 30.0 Å². The van der Waals surface area contributed by atoms with E-state index in [-0.39, 0.29) is 0 Å². The van der Waals surface area contributed by atoms with E-state index < -0.39 is 37.3 Å². The van der Waals surface area contributed by atoms with Crippen LogP contribution in [0.3, 0.4) is 0 Å². The normalized spacial score (nSPS) is 32.2. The lowest BCUT2D eigenvalue weighted by Crippen LogP contribution is -2.60. The summed E-state index contributed by atoms with van der Waals surface area (Å²) in [6.07, 6.45) is -5.37. The Bertz CT molecular complexity index is 458. The Kier molecular flexibility index (Phi) is 5.77. The van der Waals surface area contributed by atoms with Crippen LogP contribution in [0.4, 0.5) is 0 Å². The molecule has 22 heavy (non-hydrogen) atoms. The van der Waals surface area contributed by atoms with Crippen molar-refractivity contribution >= 4 is 0 Å². The third kappa shape index (κ3) is 3.97. The molecule has 0 saturated carbocycles. The van der Waals surface area contributed by atoms with Crippen LogP contribution in [0.5, 0.6) is 5.75 Å². The summed E-state index contributed by atoms with van der Waals surface area (Å²) in [6, 6.07) is 7.39. The molecule has 0 bridgehead atoms. The molecule has 1 saturated heterocycles. The van der Waals surface area contributed by atoms with E-state index in [1.54, 1.807) is 12.1 Å². The SMILES string of the molecule is CC(C)Cc1ccc(OC2OC(CO)C(O)C(O)[C@@H]2O)cc1. The van der Waals surface area contributed by atoms with E-state index in [9.17, 15) is 15.3 Å². The van der Waals surface area contributed by atoms with E-state index in [4.69, 9.17) is 14.6 Å². The maximum atomic E-state index is 9.91. The molecule has 6 heteroatoms. The fourth-order valence-electron chi connectivity index (χ4n) is 2.47. The molecular weight excluding hydrogens is 288 g/mol. The highest BCUT2D eigenvalue weighted by atomic mass is 16.7. The van der Waals surface area contributed by atoms with Gasteiger partial charge >= 0.3 is 0 Å². The summed E-state index contributed by atoms with van der Waals surface area (Å²) in [6.45, 7) is 3.80. The number of ether oxygens (including phenoxy) is 2. The largest absolute Gasteiger partial charge is 0.462 e. The standard InChI is InChI=1S/C16H24O6/c1-9(2)7-10-3-5-11(6-4-10)21-16-15(20)14(19)13(18)12(8-17)22-16/h3-6,9,12-20H,7-8H2,1-2H3/t12?,13?,14?,15-,16?/m0/s1. The molecule has 1 aliphatic rings. The quantitative estimate of drug-likeness (QED) is 0.614. The van der Waals surface area contributed by atoms with Gasteiger partial charge in [0, 0.05) is 0 Å². The van der Waals surface area contributed by atoms with Gasteiger partial charge in [0.15, 0.2) is 0 Å². The number of hydrogen-bond acceptors (Lipinski definition) is 6. The first-order chi connectivity index (χ1) is 10.4. The summed E-state index contributed by atoms with van der Waals surface area (Å²) in [5.74, 6) is 1.04. The van der Waals surface area contributed by atoms with Gasteiger partial charge < -0.3 is 29.9 Å². The van der Waals surface area contributed by atoms with E-state index in [2.05, 4.69) is 13.8 Å². The summed E-state index contributed by atoms with van der Waals surface area (Å²) < 4.78 is 10.8. The van der Waals surface area contributed by atoms with E-state index in [0.717, 1.165) is 6.42 Å². The van der Waals surface area contributed by atoms with Crippen molar-refractivity contribution < 1.29 is 29.9 Å². The molecule has 0 spiro atoms. The highest BCUT2D eigenvalue weighted by Crippen LogP contribution is 2.24. The zero-order valence-electron chi connectivity index (χ0n) is 12.8. The Labute approximate surface area is 129 Å². The van der Waals surface area contributed by atoms with E-state index in [1.165, 1.54) is 5.56 Å². The van der Waals surface area contributed by atoms with Crippen molar-refractivity contribution in [3.63, 3.8) is 0 Å². The predicted octanol–water partition coefficient (Wildman–Crippen LogP) is 0.0638. The minimum atomic E-state index is -1.43. The Hall–Kier alpha value is -1.18. The molecule has 1 aromatic rings. The number of aliphatic hydroxyl groups excluding tert-OH is 4. The second-order valence-corrected chi connectivity index (χ2v) is 6.06. The van der Waals surface area contributed by atoms with Gasteiger partial charge in [-0.3, -0.25) is 0 Å². The van der Waals surface area contributed by atoms with Gasteiger partial charge in [0.2, 0.25) is 6.29 Å². The molecule has 5 atom stereocenters. The Morgan fingerprint density at radius 3 is 2.23 bits per heavy atom. The van der Waals surface area contributed by atoms with Crippen molar-refractivity contribution in [1.82, 2.24) is 0 Å². The molecular formula is C16H24O6. The lowest BCUT2D eigenvalue weighted by atomic mass is 9.99. The van der Waals surface area contributed by atoms with Crippen molar-refractivity contribution in [2.75, 3.05) is 6.61 Å². The zero-order chi connectivity index (χ0) is 16.3. The molecule has 4 N–H and O–H groups in total. The van der Waals surface area contributed by atoms with Crippen LogP contribution in [0.1, 0.15) is 19.4 Å². The summed E-state index contributed by atoms with van der Waals surface area (Å²) in [4.78, 5) is 0. The van der Waals surface area contributed by atoms with Gasteiger partial charge in [0.05, 0.1) is 6.61 Å². The molecule has 2 rings (SSSR count). The predicted molar refractivity (Wildman–Crippen MR) is 79.4 cm³/mol. The number of rotatable bonds is 5. The maximum Gasteiger partial charge on any atom is 0.229 e. The van der Waals surface area contributed by atoms with Crippen molar-refractivity contribution in [1.29, 1.82) is 0 Å². The van der Waals surface area contributed by atoms with Crippen molar-refractivity contribution in [2.45, 2.75) is 51.0 Å². The number of aliphatic hydroxyl groups is 4. The fourth-order valence-corrected chi connectivity index (χ4v) is 2.47. The fraction of sp³-hybridized carbons (Fsp3) is 0.625. The first-order valence-electron chi connectivity index (χ1n) is 7.48. The van der Waals surface area contributed by atoms with Gasteiger partial charge in [0.25, 0.3) is 0 Å². The number of hydrogen-bond donors (Lipinski definition) is 4. The topological polar surface area (TPSA) is 99.4 Å². The third-order valence-corrected chi connectivity index (χ3v) is 3.67. The van der Waals surface area contributed by atoms with Crippen LogP contribution in [-0.2, 0) is 11.2 Å². The minimum absolute atomic E-state index is 0.474. The van der Waals surface area contributed by atoms with Crippen LogP contribution in [0.2, 0.25) is 0 Å². The first-order valence-corrected chi connectivity index (χ1v) is 7.48. The molecule has 0 aliphatic carbocycles. The molecule has 124 valence electrons. The van der Waals surface area contributed by atoms with Gasteiger partial charge in [-0.25, -0.2) is 0 Å². The maximum absolute atomic E-state index is 9.91. The van der Waals surface area contributed by atoms with Crippen LogP contribution in [0.25, 0.3) is 0 Å². The molecule has 1 fully saturated rings. The minimum Gasteiger partial charge on any atom is -0.462 e. The lowest BCUT2D eigenvalue weighted by molar-refractivity contribution is -0.277.